The van der Waals surface area contributed by atoms with E-state index in [4.69, 9.17) is 0 Å². The van der Waals surface area contributed by atoms with Crippen molar-refractivity contribution in [3.8, 4) is 0 Å². The average Bonchev–Trinajstić information content (AvgIpc) is 2.63. The lowest BCUT2D eigenvalue weighted by molar-refractivity contribution is 0.102. The third-order valence-electron chi connectivity index (χ3n) is 4.36. The Balaban J connectivity index is 1.69. The van der Waals surface area contributed by atoms with Crippen molar-refractivity contribution in [3.05, 3.63) is 59.7 Å². The first-order chi connectivity index (χ1) is 12.7. The molecule has 144 valence electrons. The van der Waals surface area contributed by atoms with Crippen molar-refractivity contribution >= 4 is 27.3 Å². The Morgan fingerprint density at radius 3 is 2.33 bits per heavy atom. The Morgan fingerprint density at radius 2 is 1.70 bits per heavy atom. The number of carbonyl (C=O) groups is 1. The van der Waals surface area contributed by atoms with Crippen LogP contribution in [0.4, 0.5) is 20.2 Å². The van der Waals surface area contributed by atoms with E-state index in [1.807, 2.05) is 11.0 Å². The van der Waals surface area contributed by atoms with E-state index in [0.717, 1.165) is 17.8 Å². The number of halogens is 2. The lowest BCUT2D eigenvalue weighted by Crippen LogP contribution is -2.48. The van der Waals surface area contributed by atoms with Crippen LogP contribution >= 0.6 is 0 Å². The summed E-state index contributed by atoms with van der Waals surface area (Å²) in [6.07, 6.45) is 1.19. The van der Waals surface area contributed by atoms with Crippen LogP contribution in [0.25, 0.3) is 0 Å². The largest absolute Gasteiger partial charge is 0.369 e. The number of benzene rings is 2. The van der Waals surface area contributed by atoms with Gasteiger partial charge in [0.15, 0.2) is 11.6 Å². The predicted octanol–water partition coefficient (Wildman–Crippen LogP) is 2.30. The molecule has 0 atom stereocenters. The normalized spacial score (nSPS) is 15.6. The van der Waals surface area contributed by atoms with Crippen LogP contribution in [0.2, 0.25) is 0 Å². The highest BCUT2D eigenvalue weighted by atomic mass is 32.2. The van der Waals surface area contributed by atoms with E-state index < -0.39 is 27.6 Å². The summed E-state index contributed by atoms with van der Waals surface area (Å²) in [6.45, 7) is 1.86. The number of nitrogens with zero attached hydrogens (tertiary/aromatic N) is 2. The Bertz CT molecular complexity index is 958. The molecule has 6 nitrogen and oxygen atoms in total. The fourth-order valence-corrected chi connectivity index (χ4v) is 3.73. The molecule has 0 radical (unpaired) electrons. The smallest absolute Gasteiger partial charge is 0.255 e. The molecule has 2 aromatic rings. The molecule has 27 heavy (non-hydrogen) atoms. The van der Waals surface area contributed by atoms with Gasteiger partial charge in [0, 0.05) is 43.1 Å². The van der Waals surface area contributed by atoms with E-state index in [1.165, 1.54) is 16.6 Å². The third-order valence-corrected chi connectivity index (χ3v) is 5.66. The van der Waals surface area contributed by atoms with Gasteiger partial charge in [-0.3, -0.25) is 4.79 Å². The minimum Gasteiger partial charge on any atom is -0.369 e. The Kier molecular flexibility index (Phi) is 5.43. The highest BCUT2D eigenvalue weighted by Gasteiger charge is 2.23. The highest BCUT2D eigenvalue weighted by Crippen LogP contribution is 2.22. The standard InChI is InChI=1S/C18H19F2N3O3S/c1-27(25,26)23-9-7-22(8-10-23)15-4-2-3-14(12-15)21-18(24)13-5-6-16(19)17(20)11-13/h2-6,11-12H,7-10H2,1H3,(H,21,24). The van der Waals surface area contributed by atoms with Crippen molar-refractivity contribution in [1.82, 2.24) is 4.31 Å². The molecule has 1 N–H and O–H groups in total. The zero-order valence-electron chi connectivity index (χ0n) is 14.7. The number of sulfonamides is 1. The minimum atomic E-state index is -3.20. The maximum Gasteiger partial charge on any atom is 0.255 e. The number of hydrogen-bond donors (Lipinski definition) is 1. The van der Waals surface area contributed by atoms with Gasteiger partial charge >= 0.3 is 0 Å². The van der Waals surface area contributed by atoms with Crippen molar-refractivity contribution in [2.24, 2.45) is 0 Å². The number of nitrogens with one attached hydrogen (secondary N) is 1. The molecule has 0 aromatic heterocycles. The number of amides is 1. The van der Waals surface area contributed by atoms with Crippen molar-refractivity contribution in [3.63, 3.8) is 0 Å². The monoisotopic (exact) mass is 395 g/mol. The van der Waals surface area contributed by atoms with Gasteiger partial charge < -0.3 is 10.2 Å². The molecule has 9 heteroatoms. The molecule has 1 heterocycles. The van der Waals surface area contributed by atoms with Crippen LogP contribution in [-0.2, 0) is 10.0 Å². The molecule has 0 unspecified atom stereocenters. The maximum atomic E-state index is 13.3. The third kappa shape index (κ3) is 4.61. The first-order valence-corrected chi connectivity index (χ1v) is 10.2. The zero-order chi connectivity index (χ0) is 19.6. The topological polar surface area (TPSA) is 69.7 Å². The van der Waals surface area contributed by atoms with Crippen LogP contribution in [0.15, 0.2) is 42.5 Å². The van der Waals surface area contributed by atoms with Crippen LogP contribution in [-0.4, -0.2) is 51.1 Å². The zero-order valence-corrected chi connectivity index (χ0v) is 15.5. The first kappa shape index (κ1) is 19.2. The van der Waals surface area contributed by atoms with E-state index in [9.17, 15) is 22.0 Å². The molecule has 1 aliphatic rings. The number of carbonyl (C=O) groups excluding carboxylic acids is 1. The van der Waals surface area contributed by atoms with Crippen LogP contribution < -0.4 is 10.2 Å². The molecule has 0 aliphatic carbocycles. The van der Waals surface area contributed by atoms with Crippen molar-refractivity contribution < 1.29 is 22.0 Å². The van der Waals surface area contributed by atoms with Gasteiger partial charge in [-0.2, -0.15) is 4.31 Å². The molecule has 0 spiro atoms. The van der Waals surface area contributed by atoms with Gasteiger partial charge in [-0.25, -0.2) is 17.2 Å². The number of anilines is 2. The van der Waals surface area contributed by atoms with E-state index in [1.54, 1.807) is 18.2 Å². The molecule has 2 aromatic carbocycles. The lowest BCUT2D eigenvalue weighted by Gasteiger charge is -2.34. The average molecular weight is 395 g/mol. The van der Waals surface area contributed by atoms with Crippen LogP contribution in [0, 0.1) is 11.6 Å². The van der Waals surface area contributed by atoms with Crippen LogP contribution in [0.5, 0.6) is 0 Å². The number of rotatable bonds is 4. The molecule has 1 saturated heterocycles. The van der Waals surface area contributed by atoms with E-state index in [2.05, 4.69) is 5.32 Å². The molecule has 0 saturated carbocycles. The summed E-state index contributed by atoms with van der Waals surface area (Å²) in [5.74, 6) is -2.64. The summed E-state index contributed by atoms with van der Waals surface area (Å²) in [4.78, 5) is 14.3. The fraction of sp³-hybridized carbons (Fsp3) is 0.278. The number of piperazine rings is 1. The second-order valence-corrected chi connectivity index (χ2v) is 8.26. The molecule has 1 aliphatic heterocycles. The molecule has 0 bridgehead atoms. The second kappa shape index (κ2) is 7.61. The summed E-state index contributed by atoms with van der Waals surface area (Å²) in [7, 11) is -3.20. The molecule has 3 rings (SSSR count). The molecule has 1 amide bonds. The molecular formula is C18H19F2N3O3S. The van der Waals surface area contributed by atoms with Crippen LogP contribution in [0.3, 0.4) is 0 Å². The number of hydrogen-bond acceptors (Lipinski definition) is 4. The van der Waals surface area contributed by atoms with Gasteiger partial charge in [-0.15, -0.1) is 0 Å². The molecular weight excluding hydrogens is 376 g/mol. The highest BCUT2D eigenvalue weighted by molar-refractivity contribution is 7.88. The second-order valence-electron chi connectivity index (χ2n) is 6.28. The summed E-state index contributed by atoms with van der Waals surface area (Å²) in [6, 6.07) is 10.0. The Labute approximate surface area is 156 Å². The van der Waals surface area contributed by atoms with E-state index >= 15 is 0 Å². The lowest BCUT2D eigenvalue weighted by atomic mass is 10.2. The molecule has 1 fully saturated rings. The predicted molar refractivity (Wildman–Crippen MR) is 99.4 cm³/mol. The van der Waals surface area contributed by atoms with Gasteiger partial charge in [0.25, 0.3) is 5.91 Å². The van der Waals surface area contributed by atoms with Crippen LogP contribution in [0.1, 0.15) is 10.4 Å². The van der Waals surface area contributed by atoms with Gasteiger partial charge in [-0.05, 0) is 36.4 Å². The van der Waals surface area contributed by atoms with E-state index in [0.29, 0.717) is 31.9 Å². The summed E-state index contributed by atoms with van der Waals surface area (Å²) >= 11 is 0. The van der Waals surface area contributed by atoms with Crippen molar-refractivity contribution in [1.29, 1.82) is 0 Å². The Morgan fingerprint density at radius 1 is 1.00 bits per heavy atom. The van der Waals surface area contributed by atoms with Gasteiger partial charge in [0.1, 0.15) is 0 Å². The van der Waals surface area contributed by atoms with Gasteiger partial charge in [-0.1, -0.05) is 6.07 Å². The van der Waals surface area contributed by atoms with Crippen molar-refractivity contribution in [2.75, 3.05) is 42.7 Å². The maximum absolute atomic E-state index is 13.3. The van der Waals surface area contributed by atoms with Gasteiger partial charge in [0.2, 0.25) is 10.0 Å². The van der Waals surface area contributed by atoms with E-state index in [-0.39, 0.29) is 5.56 Å². The Hall–Kier alpha value is -2.52. The minimum absolute atomic E-state index is 0.0149. The SMILES string of the molecule is CS(=O)(=O)N1CCN(c2cccc(NC(=O)c3ccc(F)c(F)c3)c2)CC1. The quantitative estimate of drug-likeness (QED) is 0.863. The van der Waals surface area contributed by atoms with Gasteiger partial charge in [0.05, 0.1) is 6.26 Å². The van der Waals surface area contributed by atoms with Crippen molar-refractivity contribution in [2.45, 2.75) is 0 Å². The summed E-state index contributed by atoms with van der Waals surface area (Å²) in [5, 5.41) is 2.66. The first-order valence-electron chi connectivity index (χ1n) is 8.30. The summed E-state index contributed by atoms with van der Waals surface area (Å²) < 4.78 is 50.9. The fourth-order valence-electron chi connectivity index (χ4n) is 2.90. The summed E-state index contributed by atoms with van der Waals surface area (Å²) in [5.41, 5.74) is 1.36.